The highest BCUT2D eigenvalue weighted by Crippen LogP contribution is 2.26. The Morgan fingerprint density at radius 3 is 2.69 bits per heavy atom. The first kappa shape index (κ1) is 20.2. The van der Waals surface area contributed by atoms with Crippen molar-refractivity contribution in [2.75, 3.05) is 5.32 Å². The molecule has 1 aliphatic rings. The zero-order valence-corrected chi connectivity index (χ0v) is 18.1. The minimum Gasteiger partial charge on any atom is -0.334 e. The van der Waals surface area contributed by atoms with Crippen molar-refractivity contribution in [3.05, 3.63) is 83.3 Å². The van der Waals surface area contributed by atoms with Crippen molar-refractivity contribution < 1.29 is 9.18 Å². The standard InChI is InChI=1S/C25H24FN5O/c1-16-24(17(2)31(29-16)21-11-9-19(26)10-12-21)25(32)27-20-7-5-6-18(14-20)22-15-30-13-4-3-8-23(30)28-22/h5-7,9-12,14-15H,3-4,8,13H2,1-2H3,(H,27,32). The minimum absolute atomic E-state index is 0.227. The maximum absolute atomic E-state index is 13.3. The summed E-state index contributed by atoms with van der Waals surface area (Å²) < 4.78 is 17.2. The smallest absolute Gasteiger partial charge is 0.259 e. The Balaban J connectivity index is 1.40. The molecule has 0 saturated heterocycles. The van der Waals surface area contributed by atoms with E-state index in [-0.39, 0.29) is 11.7 Å². The van der Waals surface area contributed by atoms with E-state index in [1.807, 2.05) is 31.2 Å². The number of hydrogen-bond donors (Lipinski definition) is 1. The van der Waals surface area contributed by atoms with Crippen LogP contribution in [0.15, 0.2) is 54.7 Å². The second-order valence-corrected chi connectivity index (χ2v) is 8.16. The van der Waals surface area contributed by atoms with E-state index in [1.54, 1.807) is 23.7 Å². The average Bonchev–Trinajstić information content (AvgIpc) is 3.35. The van der Waals surface area contributed by atoms with E-state index in [1.165, 1.54) is 25.0 Å². The van der Waals surface area contributed by atoms with Gasteiger partial charge in [0.2, 0.25) is 0 Å². The molecule has 7 heteroatoms. The van der Waals surface area contributed by atoms with Gasteiger partial charge in [0.25, 0.3) is 5.91 Å². The van der Waals surface area contributed by atoms with Crippen LogP contribution in [0.2, 0.25) is 0 Å². The molecule has 2 aromatic heterocycles. The number of aromatic nitrogens is 4. The average molecular weight is 429 g/mol. The van der Waals surface area contributed by atoms with E-state index in [4.69, 9.17) is 4.98 Å². The molecule has 6 nitrogen and oxygen atoms in total. The van der Waals surface area contributed by atoms with E-state index in [0.717, 1.165) is 30.0 Å². The number of benzene rings is 2. The van der Waals surface area contributed by atoms with Gasteiger partial charge in [-0.15, -0.1) is 0 Å². The second kappa shape index (κ2) is 8.07. The Labute approximate surface area is 185 Å². The molecule has 0 radical (unpaired) electrons. The van der Waals surface area contributed by atoms with Crippen molar-refractivity contribution in [3.8, 4) is 16.9 Å². The maximum atomic E-state index is 13.3. The molecule has 32 heavy (non-hydrogen) atoms. The molecule has 5 rings (SSSR count). The summed E-state index contributed by atoms with van der Waals surface area (Å²) in [5.41, 5.74) is 5.13. The lowest BCUT2D eigenvalue weighted by Crippen LogP contribution is -2.14. The molecule has 0 bridgehead atoms. The van der Waals surface area contributed by atoms with Crippen molar-refractivity contribution in [2.45, 2.75) is 39.7 Å². The Kier molecular flexibility index (Phi) is 5.09. The third-order valence-electron chi connectivity index (χ3n) is 5.91. The van der Waals surface area contributed by atoms with Crippen LogP contribution in [-0.4, -0.2) is 25.2 Å². The first-order valence-corrected chi connectivity index (χ1v) is 10.8. The quantitative estimate of drug-likeness (QED) is 0.492. The fourth-order valence-electron chi connectivity index (χ4n) is 4.31. The molecule has 1 N–H and O–H groups in total. The summed E-state index contributed by atoms with van der Waals surface area (Å²) in [7, 11) is 0. The molecule has 0 aliphatic carbocycles. The van der Waals surface area contributed by atoms with E-state index in [2.05, 4.69) is 21.2 Å². The van der Waals surface area contributed by atoms with Gasteiger partial charge in [0.05, 0.1) is 28.3 Å². The van der Waals surface area contributed by atoms with Crippen LogP contribution < -0.4 is 5.32 Å². The third-order valence-corrected chi connectivity index (χ3v) is 5.91. The SMILES string of the molecule is Cc1nn(-c2ccc(F)cc2)c(C)c1C(=O)Nc1cccc(-c2cn3c(n2)CCCC3)c1. The number of hydrogen-bond acceptors (Lipinski definition) is 3. The van der Waals surface area contributed by atoms with E-state index < -0.39 is 0 Å². The highest BCUT2D eigenvalue weighted by atomic mass is 19.1. The van der Waals surface area contributed by atoms with Gasteiger partial charge in [0.1, 0.15) is 11.6 Å². The Morgan fingerprint density at radius 1 is 1.09 bits per heavy atom. The highest BCUT2D eigenvalue weighted by Gasteiger charge is 2.20. The van der Waals surface area contributed by atoms with Gasteiger partial charge >= 0.3 is 0 Å². The molecule has 0 unspecified atom stereocenters. The monoisotopic (exact) mass is 429 g/mol. The third kappa shape index (κ3) is 3.70. The fourth-order valence-corrected chi connectivity index (χ4v) is 4.31. The molecule has 1 aliphatic heterocycles. The van der Waals surface area contributed by atoms with Crippen molar-refractivity contribution >= 4 is 11.6 Å². The minimum atomic E-state index is -0.313. The second-order valence-electron chi connectivity index (χ2n) is 8.16. The first-order valence-electron chi connectivity index (χ1n) is 10.8. The Hall–Kier alpha value is -3.74. The summed E-state index contributed by atoms with van der Waals surface area (Å²) >= 11 is 0. The molecule has 162 valence electrons. The van der Waals surface area contributed by atoms with E-state index in [9.17, 15) is 9.18 Å². The number of anilines is 1. The normalized spacial score (nSPS) is 13.1. The van der Waals surface area contributed by atoms with Crippen LogP contribution in [0.5, 0.6) is 0 Å². The number of amides is 1. The number of halogens is 1. The summed E-state index contributed by atoms with van der Waals surface area (Å²) in [6.45, 7) is 4.65. The summed E-state index contributed by atoms with van der Waals surface area (Å²) in [5, 5.41) is 7.49. The van der Waals surface area contributed by atoms with Crippen LogP contribution in [0.1, 0.15) is 40.4 Å². The number of fused-ring (bicyclic) bond motifs is 1. The van der Waals surface area contributed by atoms with E-state index >= 15 is 0 Å². The topological polar surface area (TPSA) is 64.7 Å². The van der Waals surface area contributed by atoms with Gasteiger partial charge in [-0.05, 0) is 63.1 Å². The lowest BCUT2D eigenvalue weighted by molar-refractivity contribution is 0.102. The predicted molar refractivity (Wildman–Crippen MR) is 122 cm³/mol. The molecule has 2 aromatic carbocycles. The van der Waals surface area contributed by atoms with Crippen LogP contribution in [0, 0.1) is 19.7 Å². The predicted octanol–water partition coefficient (Wildman–Crippen LogP) is 5.08. The zero-order valence-electron chi connectivity index (χ0n) is 18.1. The maximum Gasteiger partial charge on any atom is 0.259 e. The molecular formula is C25H24FN5O. The number of aryl methyl sites for hydroxylation is 3. The summed E-state index contributed by atoms with van der Waals surface area (Å²) in [4.78, 5) is 17.9. The number of carbonyl (C=O) groups excluding carboxylic acids is 1. The molecule has 3 heterocycles. The number of nitrogens with one attached hydrogen (secondary N) is 1. The Bertz CT molecular complexity index is 1280. The van der Waals surface area contributed by atoms with Crippen LogP contribution >= 0.6 is 0 Å². The zero-order chi connectivity index (χ0) is 22.2. The van der Waals surface area contributed by atoms with Gasteiger partial charge in [0.15, 0.2) is 0 Å². The summed E-state index contributed by atoms with van der Waals surface area (Å²) in [6.07, 6.45) is 5.46. The highest BCUT2D eigenvalue weighted by molar-refractivity contribution is 6.06. The number of nitrogens with zero attached hydrogens (tertiary/aromatic N) is 4. The fraction of sp³-hybridized carbons (Fsp3) is 0.240. The van der Waals surface area contributed by atoms with Crippen molar-refractivity contribution in [1.29, 1.82) is 0 Å². The van der Waals surface area contributed by atoms with Crippen molar-refractivity contribution in [1.82, 2.24) is 19.3 Å². The molecule has 0 saturated carbocycles. The van der Waals surface area contributed by atoms with Gasteiger partial charge in [-0.1, -0.05) is 12.1 Å². The van der Waals surface area contributed by atoms with Gasteiger partial charge in [-0.2, -0.15) is 5.10 Å². The largest absolute Gasteiger partial charge is 0.334 e. The van der Waals surface area contributed by atoms with Crippen LogP contribution in [0.25, 0.3) is 16.9 Å². The summed E-state index contributed by atoms with van der Waals surface area (Å²) in [5.74, 6) is 0.585. The van der Waals surface area contributed by atoms with Crippen LogP contribution in [0.4, 0.5) is 10.1 Å². The molecule has 0 atom stereocenters. The lowest BCUT2D eigenvalue weighted by atomic mass is 10.1. The molecule has 1 amide bonds. The molecular weight excluding hydrogens is 405 g/mol. The van der Waals surface area contributed by atoms with Gasteiger partial charge in [0, 0.05) is 30.4 Å². The van der Waals surface area contributed by atoms with Crippen molar-refractivity contribution in [2.24, 2.45) is 0 Å². The number of imidazole rings is 1. The van der Waals surface area contributed by atoms with Gasteiger partial charge in [-0.25, -0.2) is 14.1 Å². The van der Waals surface area contributed by atoms with Gasteiger partial charge in [-0.3, -0.25) is 4.79 Å². The van der Waals surface area contributed by atoms with Crippen LogP contribution in [0.3, 0.4) is 0 Å². The van der Waals surface area contributed by atoms with Gasteiger partial charge < -0.3 is 9.88 Å². The Morgan fingerprint density at radius 2 is 1.91 bits per heavy atom. The number of rotatable bonds is 4. The molecule has 0 fully saturated rings. The van der Waals surface area contributed by atoms with Crippen LogP contribution in [-0.2, 0) is 13.0 Å². The molecule has 4 aromatic rings. The lowest BCUT2D eigenvalue weighted by Gasteiger charge is -2.11. The van der Waals surface area contributed by atoms with E-state index in [0.29, 0.717) is 28.3 Å². The summed E-state index contributed by atoms with van der Waals surface area (Å²) in [6, 6.07) is 13.8. The van der Waals surface area contributed by atoms with Crippen molar-refractivity contribution in [3.63, 3.8) is 0 Å². The first-order chi connectivity index (χ1) is 15.5. The number of carbonyl (C=O) groups is 1. The molecule has 0 spiro atoms.